The van der Waals surface area contributed by atoms with Crippen molar-refractivity contribution in [2.75, 3.05) is 13.1 Å². The Kier molecular flexibility index (Phi) is 4.47. The summed E-state index contributed by atoms with van der Waals surface area (Å²) in [7, 11) is 0. The zero-order chi connectivity index (χ0) is 17.7. The highest BCUT2D eigenvalue weighted by Gasteiger charge is 2.48. The van der Waals surface area contributed by atoms with Gasteiger partial charge in [-0.3, -0.25) is 14.7 Å². The van der Waals surface area contributed by atoms with Crippen LogP contribution in [0.3, 0.4) is 0 Å². The van der Waals surface area contributed by atoms with Crippen LogP contribution >= 0.6 is 11.8 Å². The van der Waals surface area contributed by atoms with Gasteiger partial charge >= 0.3 is 5.91 Å². The predicted octanol–water partition coefficient (Wildman–Crippen LogP) is 1.53. The Balaban J connectivity index is 1.39. The van der Waals surface area contributed by atoms with E-state index in [0.717, 1.165) is 48.3 Å². The molecule has 2 saturated heterocycles. The summed E-state index contributed by atoms with van der Waals surface area (Å²) in [5.41, 5.74) is 0.127. The second-order valence-electron chi connectivity index (χ2n) is 8.88. The molecule has 0 aromatic heterocycles. The molecule has 1 atom stereocenters. The smallest absolute Gasteiger partial charge is 0.304 e. The number of carbonyl (C=O) groups is 2. The van der Waals surface area contributed by atoms with Crippen molar-refractivity contribution in [3.05, 3.63) is 0 Å². The first-order valence-corrected chi connectivity index (χ1v) is 10.7. The molecule has 2 saturated carbocycles. The SMILES string of the molecule is CC(=O)[NH+]1CCC(CC2(C)SC(=NC34CCC(CC3)C4)NC2=O)CC1. The molecule has 25 heavy (non-hydrogen) atoms. The summed E-state index contributed by atoms with van der Waals surface area (Å²) in [6.07, 6.45) is 9.20. The van der Waals surface area contributed by atoms with Gasteiger partial charge in [0.2, 0.25) is 5.91 Å². The molecule has 4 aliphatic rings. The number of hydrogen-bond acceptors (Lipinski definition) is 4. The third-order valence-electron chi connectivity index (χ3n) is 6.95. The number of aliphatic imine (C=N–C) groups is 1. The van der Waals surface area contributed by atoms with Gasteiger partial charge < -0.3 is 5.32 Å². The first-order chi connectivity index (χ1) is 11.9. The van der Waals surface area contributed by atoms with Gasteiger partial charge in [0.25, 0.3) is 0 Å². The van der Waals surface area contributed by atoms with Crippen LogP contribution in [-0.2, 0) is 9.59 Å². The molecule has 2 amide bonds. The fourth-order valence-corrected chi connectivity index (χ4v) is 6.64. The topological polar surface area (TPSA) is 63.0 Å². The maximum atomic E-state index is 12.7. The van der Waals surface area contributed by atoms with Crippen LogP contribution in [0.4, 0.5) is 0 Å². The van der Waals surface area contributed by atoms with Crippen LogP contribution in [0.5, 0.6) is 0 Å². The van der Waals surface area contributed by atoms with Crippen molar-refractivity contribution in [2.45, 2.75) is 75.5 Å². The maximum absolute atomic E-state index is 12.7. The van der Waals surface area contributed by atoms with E-state index in [1.54, 1.807) is 18.7 Å². The Morgan fingerprint density at radius 1 is 1.28 bits per heavy atom. The van der Waals surface area contributed by atoms with Crippen molar-refractivity contribution in [3.63, 3.8) is 0 Å². The van der Waals surface area contributed by atoms with Crippen LogP contribution in [0.2, 0.25) is 0 Å². The van der Waals surface area contributed by atoms with Crippen LogP contribution in [0.25, 0.3) is 0 Å². The van der Waals surface area contributed by atoms with Gasteiger partial charge in [0.15, 0.2) is 5.17 Å². The van der Waals surface area contributed by atoms with Crippen LogP contribution < -0.4 is 10.2 Å². The molecular weight excluding hydrogens is 334 g/mol. The largest absolute Gasteiger partial charge is 0.308 e. The van der Waals surface area contributed by atoms with E-state index in [1.165, 1.54) is 32.1 Å². The number of piperidine rings is 1. The van der Waals surface area contributed by atoms with Crippen molar-refractivity contribution in [2.24, 2.45) is 16.8 Å². The molecule has 2 aliphatic carbocycles. The Morgan fingerprint density at radius 2 is 1.96 bits per heavy atom. The number of quaternary nitrogens is 1. The van der Waals surface area contributed by atoms with Crippen molar-refractivity contribution in [3.8, 4) is 0 Å². The molecule has 0 radical (unpaired) electrons. The predicted molar refractivity (Wildman–Crippen MR) is 99.6 cm³/mol. The molecule has 2 heterocycles. The number of carbonyl (C=O) groups excluding carboxylic acids is 2. The molecule has 2 N–H and O–H groups in total. The lowest BCUT2D eigenvalue weighted by Gasteiger charge is -2.31. The van der Waals surface area contributed by atoms with E-state index < -0.39 is 4.75 Å². The summed E-state index contributed by atoms with van der Waals surface area (Å²) in [5.74, 6) is 1.78. The molecule has 6 heteroatoms. The van der Waals surface area contributed by atoms with Crippen molar-refractivity contribution in [1.82, 2.24) is 5.32 Å². The first-order valence-electron chi connectivity index (χ1n) is 9.83. The van der Waals surface area contributed by atoms with Gasteiger partial charge in [-0.2, -0.15) is 0 Å². The van der Waals surface area contributed by atoms with Crippen molar-refractivity contribution in [1.29, 1.82) is 0 Å². The summed E-state index contributed by atoms with van der Waals surface area (Å²) >= 11 is 1.66. The van der Waals surface area contributed by atoms with Gasteiger partial charge in [-0.15, -0.1) is 0 Å². The third kappa shape index (κ3) is 3.39. The van der Waals surface area contributed by atoms with E-state index in [4.69, 9.17) is 4.99 Å². The van der Waals surface area contributed by atoms with E-state index in [0.29, 0.717) is 5.92 Å². The van der Waals surface area contributed by atoms with Gasteiger partial charge in [-0.05, 0) is 57.3 Å². The third-order valence-corrected chi connectivity index (χ3v) is 8.14. The average molecular weight is 365 g/mol. The van der Waals surface area contributed by atoms with Gasteiger partial charge in [0.05, 0.1) is 30.3 Å². The highest BCUT2D eigenvalue weighted by molar-refractivity contribution is 8.16. The van der Waals surface area contributed by atoms with E-state index in [2.05, 4.69) is 12.2 Å². The van der Waals surface area contributed by atoms with E-state index in [9.17, 15) is 9.59 Å². The molecule has 4 fully saturated rings. The number of hydrogen-bond donors (Lipinski definition) is 2. The quantitative estimate of drug-likeness (QED) is 0.798. The lowest BCUT2D eigenvalue weighted by molar-refractivity contribution is -0.827. The summed E-state index contributed by atoms with van der Waals surface area (Å²) in [4.78, 5) is 30.3. The monoisotopic (exact) mass is 364 g/mol. The number of thioether (sulfide) groups is 1. The summed E-state index contributed by atoms with van der Waals surface area (Å²) in [6.45, 7) is 5.57. The second-order valence-corrected chi connectivity index (χ2v) is 10.4. The standard InChI is InChI=1S/C19H29N3O2S/c1-13(23)22-9-5-15(6-10-22)11-18(2)16(24)20-17(25-18)21-19-7-3-14(12-19)4-8-19/h14-15H,3-12H2,1-2H3,(H,20,21,24)/p+1. The summed E-state index contributed by atoms with van der Waals surface area (Å²) in [5, 5.41) is 3.94. The number of amides is 2. The second kappa shape index (κ2) is 6.38. The molecule has 138 valence electrons. The highest BCUT2D eigenvalue weighted by atomic mass is 32.2. The van der Waals surface area contributed by atoms with Gasteiger partial charge in [0, 0.05) is 12.8 Å². The number of likely N-dealkylation sites (tertiary alicyclic amines) is 1. The van der Waals surface area contributed by atoms with Gasteiger partial charge in [0.1, 0.15) is 0 Å². The molecule has 0 spiro atoms. The van der Waals surface area contributed by atoms with Gasteiger partial charge in [-0.25, -0.2) is 4.79 Å². The maximum Gasteiger partial charge on any atom is 0.308 e. The summed E-state index contributed by atoms with van der Waals surface area (Å²) in [6, 6.07) is 0. The van der Waals surface area contributed by atoms with Crippen LogP contribution in [0, 0.1) is 11.8 Å². The number of amidine groups is 1. The van der Waals surface area contributed by atoms with Crippen LogP contribution in [0.15, 0.2) is 4.99 Å². The molecule has 4 rings (SSSR count). The number of nitrogens with one attached hydrogen (secondary N) is 2. The highest BCUT2D eigenvalue weighted by Crippen LogP contribution is 2.51. The van der Waals surface area contributed by atoms with E-state index in [-0.39, 0.29) is 17.4 Å². The Bertz CT molecular complexity index is 604. The Labute approximate surface area is 154 Å². The fraction of sp³-hybridized carbons (Fsp3) is 0.842. The minimum Gasteiger partial charge on any atom is -0.304 e. The zero-order valence-electron chi connectivity index (χ0n) is 15.4. The Morgan fingerprint density at radius 3 is 2.52 bits per heavy atom. The minimum atomic E-state index is -0.398. The molecule has 0 aromatic carbocycles. The molecule has 5 nitrogen and oxygen atoms in total. The van der Waals surface area contributed by atoms with E-state index in [1.807, 2.05) is 0 Å². The molecule has 2 bridgehead atoms. The average Bonchev–Trinajstić information content (AvgIpc) is 3.22. The molecule has 1 unspecified atom stereocenters. The lowest BCUT2D eigenvalue weighted by Crippen LogP contribution is -3.15. The fourth-order valence-electron chi connectivity index (χ4n) is 5.37. The molecular formula is C19H30N3O2S+. The van der Waals surface area contributed by atoms with Crippen LogP contribution in [0.1, 0.15) is 65.2 Å². The van der Waals surface area contributed by atoms with E-state index >= 15 is 0 Å². The molecule has 2 aliphatic heterocycles. The Hall–Kier alpha value is -0.880. The van der Waals surface area contributed by atoms with Crippen LogP contribution in [-0.4, -0.2) is 40.4 Å². The van der Waals surface area contributed by atoms with Crippen molar-refractivity contribution >= 4 is 28.7 Å². The number of nitrogens with zero attached hydrogens (tertiary/aromatic N) is 1. The first kappa shape index (κ1) is 17.5. The van der Waals surface area contributed by atoms with Crippen molar-refractivity contribution < 1.29 is 14.5 Å². The minimum absolute atomic E-state index is 0.126. The summed E-state index contributed by atoms with van der Waals surface area (Å²) < 4.78 is -0.398. The number of fused-ring (bicyclic) bond motifs is 2. The number of rotatable bonds is 3. The zero-order valence-corrected chi connectivity index (χ0v) is 16.2. The normalized spacial score (nSPS) is 45.1. The molecule has 0 aromatic rings. The lowest BCUT2D eigenvalue weighted by atomic mass is 9.87. The van der Waals surface area contributed by atoms with Gasteiger partial charge in [-0.1, -0.05) is 11.8 Å².